The number of alkyl halides is 10. The van der Waals surface area contributed by atoms with E-state index in [4.69, 9.17) is 28.2 Å². The molecule has 0 aliphatic heterocycles. The Balaban J connectivity index is 0.000000307. The fourth-order valence-electron chi connectivity index (χ4n) is 4.40. The number of rotatable bonds is 10. The van der Waals surface area contributed by atoms with Crippen molar-refractivity contribution in [2.75, 3.05) is 0 Å². The van der Waals surface area contributed by atoms with Gasteiger partial charge in [0.1, 0.15) is 24.2 Å². The Labute approximate surface area is 366 Å². The quantitative estimate of drug-likeness (QED) is 0.0331. The second-order valence-corrected chi connectivity index (χ2v) is 11.6. The van der Waals surface area contributed by atoms with Crippen LogP contribution in [0.3, 0.4) is 0 Å². The van der Waals surface area contributed by atoms with Gasteiger partial charge in [-0.05, 0) is 82.9 Å². The Morgan fingerprint density at radius 1 is 0.581 bits per heavy atom. The molecule has 0 atom stereocenters. The maximum Gasteiger partial charge on any atom is 1.00 e. The molecule has 2 heterocycles. The Bertz CT molecular complexity index is 2540. The van der Waals surface area contributed by atoms with Crippen LogP contribution in [-0.4, -0.2) is 65.2 Å². The normalized spacial score (nSPS) is 11.2. The van der Waals surface area contributed by atoms with Crippen LogP contribution in [0.15, 0.2) is 115 Å². The molecular formula is C34H18ClF10N12NaO4. The average Bonchev–Trinajstić information content (AvgIpc) is 3.90. The average molecular weight is 907 g/mol. The summed E-state index contributed by atoms with van der Waals surface area (Å²) in [5.74, 6) is -1.53. The molecule has 0 radical (unpaired) electrons. The smallest absolute Gasteiger partial charge is 0.426 e. The fourth-order valence-corrected chi connectivity index (χ4v) is 4.52. The summed E-state index contributed by atoms with van der Waals surface area (Å²) in [4.78, 5) is 34.6. The SMILES string of the molecule is O=C(Cl)c1ccc(-c2ncn(-c3ccc(OC(F)(F)C(F)(F)F)cc3)n2)cc1.[N-]=[N+]=NC(=O)c1ccc(-c2ncn(-c3ccc(OC(F)(F)C(F)(F)F)cc3)n2)cc1.[N-]=[N+]=[N-].[Na+]. The summed E-state index contributed by atoms with van der Waals surface area (Å²) < 4.78 is 135. The number of halogens is 11. The number of benzene rings is 4. The molecule has 0 aliphatic carbocycles. The first-order valence-corrected chi connectivity index (χ1v) is 16.3. The van der Waals surface area contributed by atoms with Gasteiger partial charge in [-0.25, -0.2) is 19.3 Å². The van der Waals surface area contributed by atoms with Crippen LogP contribution in [0, 0.1) is 0 Å². The van der Waals surface area contributed by atoms with E-state index in [2.05, 4.69) is 39.7 Å². The monoisotopic (exact) mass is 906 g/mol. The van der Waals surface area contributed by atoms with Crippen LogP contribution in [0.25, 0.3) is 60.6 Å². The minimum Gasteiger partial charge on any atom is -0.426 e. The second kappa shape index (κ2) is 20.7. The largest absolute Gasteiger partial charge is 1.00 e. The number of hydrogen-bond donors (Lipinski definition) is 0. The molecule has 0 saturated heterocycles. The standard InChI is InChI=1S/C17H9ClF5N3O2.C17H9F5N6O2.N3.Na/c18-14(27)10-1-3-11(4-2-10)15-24-9-26(25-15)12-5-7-13(8-6-12)28-17(22,23)16(19,20)21;18-16(19,20)17(21,22)30-13-7-5-12(6-8-13)28-9-24-14(26-28)10-1-3-11(4-2-10)15(29)25-27-23;1-3-2;/h1-9H;1-9H;;/q;;-1;+1. The van der Waals surface area contributed by atoms with Gasteiger partial charge in [0, 0.05) is 27.2 Å². The van der Waals surface area contributed by atoms with Crippen LogP contribution in [0.1, 0.15) is 20.7 Å². The van der Waals surface area contributed by atoms with E-state index < -0.39 is 47.2 Å². The molecule has 28 heteroatoms. The predicted molar refractivity (Wildman–Crippen MR) is 191 cm³/mol. The third-order valence-corrected chi connectivity index (χ3v) is 7.45. The first-order valence-electron chi connectivity index (χ1n) is 15.9. The van der Waals surface area contributed by atoms with E-state index in [0.29, 0.717) is 33.9 Å². The first kappa shape index (κ1) is 49.7. The minimum atomic E-state index is -5.84. The van der Waals surface area contributed by atoms with Crippen LogP contribution in [0.2, 0.25) is 0 Å². The molecule has 0 saturated carbocycles. The zero-order chi connectivity index (χ0) is 45.2. The number of aromatic nitrogens is 6. The number of carbonyl (C=O) groups excluding carboxylic acids is 2. The molecule has 6 aromatic rings. The summed E-state index contributed by atoms with van der Waals surface area (Å²) in [5, 5.41) is 10.7. The van der Waals surface area contributed by atoms with E-state index in [0.717, 1.165) is 24.3 Å². The zero-order valence-electron chi connectivity index (χ0n) is 30.5. The molecule has 1 amide bonds. The van der Waals surface area contributed by atoms with Crippen molar-refractivity contribution >= 4 is 22.8 Å². The van der Waals surface area contributed by atoms with Gasteiger partial charge < -0.3 is 20.5 Å². The van der Waals surface area contributed by atoms with E-state index in [1.807, 2.05) is 0 Å². The van der Waals surface area contributed by atoms with Crippen LogP contribution >= 0.6 is 11.6 Å². The molecule has 16 nitrogen and oxygen atoms in total. The third kappa shape index (κ3) is 12.9. The van der Waals surface area contributed by atoms with E-state index >= 15 is 0 Å². The van der Waals surface area contributed by atoms with E-state index in [9.17, 15) is 53.5 Å². The van der Waals surface area contributed by atoms with E-state index in [1.165, 1.54) is 87.6 Å². The Kier molecular flexibility index (Phi) is 16.6. The molecular weight excluding hydrogens is 889 g/mol. The van der Waals surface area contributed by atoms with Crippen LogP contribution in [0.4, 0.5) is 43.9 Å². The number of amides is 1. The minimum absolute atomic E-state index is 0. The summed E-state index contributed by atoms with van der Waals surface area (Å²) in [6, 6.07) is 20.8. The van der Waals surface area contributed by atoms with Crippen molar-refractivity contribution in [3.63, 3.8) is 0 Å². The fraction of sp³-hybridized carbons (Fsp3) is 0.118. The number of hydrogen-bond acceptors (Lipinski definition) is 8. The molecule has 0 unspecified atom stereocenters. The molecule has 62 heavy (non-hydrogen) atoms. The molecule has 6 rings (SSSR count). The van der Waals surface area contributed by atoms with Crippen LogP contribution < -0.4 is 39.0 Å². The maximum atomic E-state index is 12.9. The van der Waals surface area contributed by atoms with Gasteiger partial charge in [-0.1, -0.05) is 36.4 Å². The molecule has 0 bridgehead atoms. The van der Waals surface area contributed by atoms with Crippen molar-refractivity contribution in [3.05, 3.63) is 147 Å². The van der Waals surface area contributed by atoms with Gasteiger partial charge in [0.05, 0.1) is 11.4 Å². The van der Waals surface area contributed by atoms with Gasteiger partial charge in [-0.15, -0.1) is 10.2 Å². The van der Waals surface area contributed by atoms with Crippen molar-refractivity contribution < 1.29 is 92.5 Å². The number of azide groups is 1. The zero-order valence-corrected chi connectivity index (χ0v) is 33.3. The van der Waals surface area contributed by atoms with Crippen molar-refractivity contribution in [1.82, 2.24) is 29.5 Å². The van der Waals surface area contributed by atoms with Gasteiger partial charge in [0.25, 0.3) is 5.24 Å². The summed E-state index contributed by atoms with van der Waals surface area (Å²) in [6.07, 6.45) is -19.7. The number of carbonyl (C=O) groups is 2. The predicted octanol–water partition coefficient (Wildman–Crippen LogP) is 7.64. The molecule has 2 aromatic heterocycles. The van der Waals surface area contributed by atoms with E-state index in [1.54, 1.807) is 12.1 Å². The van der Waals surface area contributed by atoms with Crippen molar-refractivity contribution in [1.29, 1.82) is 0 Å². The summed E-state index contributed by atoms with van der Waals surface area (Å²) in [6.45, 7) is 0. The second-order valence-electron chi connectivity index (χ2n) is 11.3. The summed E-state index contributed by atoms with van der Waals surface area (Å²) in [5.41, 5.74) is 24.0. The van der Waals surface area contributed by atoms with Crippen LogP contribution in [0.5, 0.6) is 11.5 Å². The molecule has 0 fully saturated rings. The first-order chi connectivity index (χ1) is 28.6. The topological polar surface area (TPSA) is 221 Å². The Morgan fingerprint density at radius 3 is 1.23 bits per heavy atom. The molecule has 316 valence electrons. The number of ether oxygens (including phenoxy) is 2. The molecule has 4 aromatic carbocycles. The van der Waals surface area contributed by atoms with Gasteiger partial charge in [-0.2, -0.15) is 43.9 Å². The van der Waals surface area contributed by atoms with Gasteiger partial charge in [0.15, 0.2) is 11.6 Å². The van der Waals surface area contributed by atoms with Crippen LogP contribution in [-0.2, 0) is 0 Å². The molecule has 0 N–H and O–H groups in total. The number of nitrogens with zero attached hydrogens (tertiary/aromatic N) is 12. The van der Waals surface area contributed by atoms with Crippen molar-refractivity contribution in [2.45, 2.75) is 24.6 Å². The van der Waals surface area contributed by atoms with Crippen molar-refractivity contribution in [3.8, 4) is 45.6 Å². The van der Waals surface area contributed by atoms with Crippen molar-refractivity contribution in [2.24, 2.45) is 5.11 Å². The molecule has 0 aliphatic rings. The summed E-state index contributed by atoms with van der Waals surface area (Å²) >= 11 is 5.37. The Morgan fingerprint density at radius 2 is 0.919 bits per heavy atom. The van der Waals surface area contributed by atoms with Gasteiger partial charge in [-0.3, -0.25) is 14.5 Å². The third-order valence-electron chi connectivity index (χ3n) is 7.23. The summed E-state index contributed by atoms with van der Waals surface area (Å²) in [7, 11) is 0. The van der Waals surface area contributed by atoms with E-state index in [-0.39, 0.29) is 40.9 Å². The Hall–Kier alpha value is -6.69. The molecule has 0 spiro atoms. The van der Waals surface area contributed by atoms with Gasteiger partial charge >= 0.3 is 54.1 Å². The maximum absolute atomic E-state index is 12.9. The van der Waals surface area contributed by atoms with Gasteiger partial charge in [0.2, 0.25) is 5.91 Å².